The van der Waals surface area contributed by atoms with Crippen molar-refractivity contribution in [2.24, 2.45) is 0 Å². The second kappa shape index (κ2) is 6.35. The van der Waals surface area contributed by atoms with Crippen LogP contribution in [0.25, 0.3) is 0 Å². The predicted octanol–water partition coefficient (Wildman–Crippen LogP) is 1.85. The SMILES string of the molecule is Nc1ccc(C(=O)OCCCCO)cc1Cl. The van der Waals surface area contributed by atoms with Gasteiger partial charge in [0.25, 0.3) is 0 Å². The maximum atomic E-state index is 11.5. The molecular formula is C11H14ClNO3. The first-order valence-electron chi connectivity index (χ1n) is 4.98. The van der Waals surface area contributed by atoms with E-state index < -0.39 is 5.97 Å². The molecule has 0 bridgehead atoms. The summed E-state index contributed by atoms with van der Waals surface area (Å²) in [5, 5.41) is 8.88. The number of benzene rings is 1. The van der Waals surface area contributed by atoms with Crippen LogP contribution in [0.4, 0.5) is 5.69 Å². The summed E-state index contributed by atoms with van der Waals surface area (Å²) < 4.78 is 4.98. The Hall–Kier alpha value is -1.26. The highest BCUT2D eigenvalue weighted by Crippen LogP contribution is 2.20. The van der Waals surface area contributed by atoms with E-state index in [9.17, 15) is 4.79 Å². The number of anilines is 1. The Labute approximate surface area is 99.0 Å². The molecule has 4 nitrogen and oxygen atoms in total. The maximum Gasteiger partial charge on any atom is 0.338 e. The summed E-state index contributed by atoms with van der Waals surface area (Å²) in [5.41, 5.74) is 6.32. The molecule has 1 aromatic rings. The van der Waals surface area contributed by atoms with Gasteiger partial charge < -0.3 is 15.6 Å². The highest BCUT2D eigenvalue weighted by molar-refractivity contribution is 6.33. The molecule has 0 atom stereocenters. The molecule has 0 aliphatic heterocycles. The van der Waals surface area contributed by atoms with Gasteiger partial charge in [0, 0.05) is 6.61 Å². The van der Waals surface area contributed by atoms with E-state index in [0.717, 1.165) is 0 Å². The van der Waals surface area contributed by atoms with Crippen molar-refractivity contribution in [1.29, 1.82) is 0 Å². The van der Waals surface area contributed by atoms with Crippen molar-refractivity contribution in [3.05, 3.63) is 28.8 Å². The van der Waals surface area contributed by atoms with E-state index in [1.54, 1.807) is 12.1 Å². The van der Waals surface area contributed by atoms with Gasteiger partial charge in [0.2, 0.25) is 0 Å². The fourth-order valence-electron chi connectivity index (χ4n) is 1.12. The standard InChI is InChI=1S/C11H14ClNO3/c12-9-7-8(3-4-10(9)13)11(15)16-6-2-1-5-14/h3-4,7,14H,1-2,5-6,13H2. The quantitative estimate of drug-likeness (QED) is 0.470. The zero-order chi connectivity index (χ0) is 12.0. The summed E-state index contributed by atoms with van der Waals surface area (Å²) >= 11 is 5.78. The molecule has 5 heteroatoms. The number of esters is 1. The van der Waals surface area contributed by atoms with Crippen LogP contribution in [0, 0.1) is 0 Å². The molecule has 0 unspecified atom stereocenters. The largest absolute Gasteiger partial charge is 0.462 e. The van der Waals surface area contributed by atoms with E-state index in [-0.39, 0.29) is 6.61 Å². The van der Waals surface area contributed by atoms with Gasteiger partial charge in [0.1, 0.15) is 0 Å². The molecule has 0 fully saturated rings. The molecular weight excluding hydrogens is 230 g/mol. The van der Waals surface area contributed by atoms with Gasteiger partial charge in [-0.1, -0.05) is 11.6 Å². The Bertz CT molecular complexity index is 368. The van der Waals surface area contributed by atoms with Crippen molar-refractivity contribution >= 4 is 23.3 Å². The van der Waals surface area contributed by atoms with E-state index in [0.29, 0.717) is 35.7 Å². The number of hydrogen-bond acceptors (Lipinski definition) is 4. The van der Waals surface area contributed by atoms with Crippen LogP contribution in [0.5, 0.6) is 0 Å². The topological polar surface area (TPSA) is 72.6 Å². The van der Waals surface area contributed by atoms with Gasteiger partial charge in [0.05, 0.1) is 22.9 Å². The molecule has 0 heterocycles. The third kappa shape index (κ3) is 3.72. The van der Waals surface area contributed by atoms with E-state index in [4.69, 9.17) is 27.2 Å². The Morgan fingerprint density at radius 3 is 2.81 bits per heavy atom. The molecule has 16 heavy (non-hydrogen) atoms. The molecule has 1 rings (SSSR count). The molecule has 0 aromatic heterocycles. The zero-order valence-corrected chi connectivity index (χ0v) is 9.54. The van der Waals surface area contributed by atoms with Gasteiger partial charge in [-0.15, -0.1) is 0 Å². The van der Waals surface area contributed by atoms with Gasteiger partial charge in [-0.25, -0.2) is 4.79 Å². The molecule has 3 N–H and O–H groups in total. The number of rotatable bonds is 5. The lowest BCUT2D eigenvalue weighted by atomic mass is 10.2. The van der Waals surface area contributed by atoms with Gasteiger partial charge in [-0.05, 0) is 31.0 Å². The third-order valence-electron chi connectivity index (χ3n) is 2.02. The van der Waals surface area contributed by atoms with Crippen LogP contribution >= 0.6 is 11.6 Å². The van der Waals surface area contributed by atoms with Gasteiger partial charge in [0.15, 0.2) is 0 Å². The lowest BCUT2D eigenvalue weighted by molar-refractivity contribution is 0.0492. The van der Waals surface area contributed by atoms with Crippen LogP contribution in [0.3, 0.4) is 0 Å². The lowest BCUT2D eigenvalue weighted by Crippen LogP contribution is -2.07. The maximum absolute atomic E-state index is 11.5. The summed E-state index contributed by atoms with van der Waals surface area (Å²) in [6.07, 6.45) is 1.26. The summed E-state index contributed by atoms with van der Waals surface area (Å²) in [7, 11) is 0. The van der Waals surface area contributed by atoms with Crippen LogP contribution in [-0.2, 0) is 4.74 Å². The predicted molar refractivity (Wildman–Crippen MR) is 62.5 cm³/mol. The average molecular weight is 244 g/mol. The average Bonchev–Trinajstić information content (AvgIpc) is 2.28. The first kappa shape index (κ1) is 12.8. The van der Waals surface area contributed by atoms with Gasteiger partial charge in [-0.2, -0.15) is 0 Å². The number of aliphatic hydroxyl groups is 1. The number of nitrogen functional groups attached to an aromatic ring is 1. The number of hydrogen-bond donors (Lipinski definition) is 2. The minimum atomic E-state index is -0.431. The minimum Gasteiger partial charge on any atom is -0.462 e. The number of halogens is 1. The number of carbonyl (C=O) groups excluding carboxylic acids is 1. The molecule has 1 aromatic carbocycles. The number of aliphatic hydroxyl groups excluding tert-OH is 1. The first-order valence-corrected chi connectivity index (χ1v) is 5.36. The Kier molecular flexibility index (Phi) is 5.08. The van der Waals surface area contributed by atoms with Crippen LogP contribution in [0.1, 0.15) is 23.2 Å². The van der Waals surface area contributed by atoms with Crippen molar-refractivity contribution in [2.45, 2.75) is 12.8 Å². The molecule has 0 spiro atoms. The molecule has 0 saturated heterocycles. The van der Waals surface area contributed by atoms with E-state index >= 15 is 0 Å². The fraction of sp³-hybridized carbons (Fsp3) is 0.364. The molecule has 0 aliphatic carbocycles. The van der Waals surface area contributed by atoms with Crippen molar-refractivity contribution in [3.8, 4) is 0 Å². The number of ether oxygens (including phenoxy) is 1. The number of nitrogens with two attached hydrogens (primary N) is 1. The monoisotopic (exact) mass is 243 g/mol. The Morgan fingerprint density at radius 1 is 1.44 bits per heavy atom. The highest BCUT2D eigenvalue weighted by atomic mass is 35.5. The summed E-state index contributed by atoms with van der Waals surface area (Å²) in [6.45, 7) is 0.395. The molecule has 0 aliphatic rings. The summed E-state index contributed by atoms with van der Waals surface area (Å²) in [4.78, 5) is 11.5. The number of carbonyl (C=O) groups is 1. The summed E-state index contributed by atoms with van der Waals surface area (Å²) in [6, 6.07) is 4.60. The first-order chi connectivity index (χ1) is 7.65. The van der Waals surface area contributed by atoms with Crippen LogP contribution < -0.4 is 5.73 Å². The molecule has 0 radical (unpaired) electrons. The molecule has 0 amide bonds. The second-order valence-electron chi connectivity index (χ2n) is 3.30. The second-order valence-corrected chi connectivity index (χ2v) is 3.71. The lowest BCUT2D eigenvalue weighted by Gasteiger charge is -2.05. The fourth-order valence-corrected chi connectivity index (χ4v) is 1.30. The van der Waals surface area contributed by atoms with Crippen LogP contribution in [0.15, 0.2) is 18.2 Å². The molecule has 0 saturated carbocycles. The van der Waals surface area contributed by atoms with Gasteiger partial charge in [-0.3, -0.25) is 0 Å². The van der Waals surface area contributed by atoms with E-state index in [1.807, 2.05) is 0 Å². The van der Waals surface area contributed by atoms with Gasteiger partial charge >= 0.3 is 5.97 Å². The van der Waals surface area contributed by atoms with Crippen molar-refractivity contribution in [1.82, 2.24) is 0 Å². The normalized spacial score (nSPS) is 10.1. The van der Waals surface area contributed by atoms with Crippen molar-refractivity contribution < 1.29 is 14.6 Å². The van der Waals surface area contributed by atoms with Crippen LogP contribution in [0.2, 0.25) is 5.02 Å². The zero-order valence-electron chi connectivity index (χ0n) is 8.78. The van der Waals surface area contributed by atoms with E-state index in [1.165, 1.54) is 6.07 Å². The third-order valence-corrected chi connectivity index (χ3v) is 2.35. The van der Waals surface area contributed by atoms with Crippen LogP contribution in [-0.4, -0.2) is 24.3 Å². The number of unbranched alkanes of at least 4 members (excludes halogenated alkanes) is 1. The van der Waals surface area contributed by atoms with Crippen molar-refractivity contribution in [2.75, 3.05) is 18.9 Å². The minimum absolute atomic E-state index is 0.102. The molecule has 88 valence electrons. The van der Waals surface area contributed by atoms with E-state index in [2.05, 4.69) is 0 Å². The van der Waals surface area contributed by atoms with Crippen molar-refractivity contribution in [3.63, 3.8) is 0 Å². The Balaban J connectivity index is 2.50. The highest BCUT2D eigenvalue weighted by Gasteiger charge is 2.08. The Morgan fingerprint density at radius 2 is 2.19 bits per heavy atom. The smallest absolute Gasteiger partial charge is 0.338 e. The summed E-state index contributed by atoms with van der Waals surface area (Å²) in [5.74, 6) is -0.431.